The van der Waals surface area contributed by atoms with Crippen molar-refractivity contribution in [2.75, 3.05) is 6.54 Å². The Bertz CT molecular complexity index is 593. The molecule has 20 heavy (non-hydrogen) atoms. The molecular formula is C14H17N3O2S. The zero-order valence-electron chi connectivity index (χ0n) is 11.5. The average Bonchev–Trinajstić information content (AvgIpc) is 2.73. The van der Waals surface area contributed by atoms with Crippen LogP contribution in [0.1, 0.15) is 21.1 Å². The van der Waals surface area contributed by atoms with Crippen LogP contribution in [0.5, 0.6) is 0 Å². The molecule has 2 aromatic rings. The highest BCUT2D eigenvalue weighted by molar-refractivity contribution is 7.11. The molecule has 0 unspecified atom stereocenters. The van der Waals surface area contributed by atoms with Gasteiger partial charge in [-0.2, -0.15) is 0 Å². The van der Waals surface area contributed by atoms with Crippen molar-refractivity contribution in [3.8, 4) is 0 Å². The van der Waals surface area contributed by atoms with E-state index in [1.165, 1.54) is 4.88 Å². The number of rotatable bonds is 6. The maximum absolute atomic E-state index is 10.6. The molecule has 0 spiro atoms. The van der Waals surface area contributed by atoms with Gasteiger partial charge in [-0.25, -0.2) is 4.98 Å². The molecule has 0 aliphatic carbocycles. The smallest absolute Gasteiger partial charge is 0.269 e. The summed E-state index contributed by atoms with van der Waals surface area (Å²) in [5.41, 5.74) is 2.33. The summed E-state index contributed by atoms with van der Waals surface area (Å²) in [4.78, 5) is 15.8. The summed E-state index contributed by atoms with van der Waals surface area (Å²) < 4.78 is 0. The van der Waals surface area contributed by atoms with Crippen molar-refractivity contribution in [3.63, 3.8) is 0 Å². The van der Waals surface area contributed by atoms with E-state index >= 15 is 0 Å². The number of nitrogens with one attached hydrogen (secondary N) is 1. The Morgan fingerprint density at radius 1 is 1.30 bits per heavy atom. The number of nitrogens with zero attached hydrogens (tertiary/aromatic N) is 2. The highest BCUT2D eigenvalue weighted by atomic mass is 32.1. The van der Waals surface area contributed by atoms with Crippen molar-refractivity contribution >= 4 is 17.0 Å². The Labute approximate surface area is 121 Å². The molecule has 0 radical (unpaired) electrons. The predicted molar refractivity (Wildman–Crippen MR) is 80.1 cm³/mol. The van der Waals surface area contributed by atoms with Gasteiger partial charge in [0.1, 0.15) is 0 Å². The fourth-order valence-corrected chi connectivity index (χ4v) is 2.86. The summed E-state index contributed by atoms with van der Waals surface area (Å²) in [7, 11) is 0. The van der Waals surface area contributed by atoms with Crippen molar-refractivity contribution in [2.45, 2.75) is 26.8 Å². The highest BCUT2D eigenvalue weighted by Gasteiger charge is 2.05. The molecule has 0 fully saturated rings. The van der Waals surface area contributed by atoms with Gasteiger partial charge >= 0.3 is 0 Å². The summed E-state index contributed by atoms with van der Waals surface area (Å²) >= 11 is 1.72. The van der Waals surface area contributed by atoms with E-state index in [0.717, 1.165) is 35.8 Å². The van der Waals surface area contributed by atoms with E-state index in [0.29, 0.717) is 0 Å². The third kappa shape index (κ3) is 3.85. The first-order chi connectivity index (χ1) is 9.56. The second kappa shape index (κ2) is 6.58. The molecule has 6 heteroatoms. The lowest BCUT2D eigenvalue weighted by atomic mass is 10.1. The first-order valence-electron chi connectivity index (χ1n) is 6.43. The predicted octanol–water partition coefficient (Wildman–Crippen LogP) is 3.00. The Morgan fingerprint density at radius 3 is 2.55 bits per heavy atom. The van der Waals surface area contributed by atoms with E-state index in [1.807, 2.05) is 26.0 Å². The molecule has 106 valence electrons. The van der Waals surface area contributed by atoms with Crippen molar-refractivity contribution in [1.82, 2.24) is 10.3 Å². The summed E-state index contributed by atoms with van der Waals surface area (Å²) in [6.07, 6.45) is 0.856. The van der Waals surface area contributed by atoms with Gasteiger partial charge < -0.3 is 5.32 Å². The minimum Gasteiger partial charge on any atom is -0.311 e. The van der Waals surface area contributed by atoms with Crippen LogP contribution in [0.25, 0.3) is 0 Å². The SMILES string of the molecule is Cc1nc(C)c(CNCCc2ccc([N+](=O)[O-])cc2)s1. The van der Waals surface area contributed by atoms with Gasteiger partial charge in [0.2, 0.25) is 0 Å². The number of thiazole rings is 1. The lowest BCUT2D eigenvalue weighted by Crippen LogP contribution is -2.16. The molecule has 0 saturated carbocycles. The molecule has 0 aliphatic heterocycles. The maximum atomic E-state index is 10.6. The van der Waals surface area contributed by atoms with E-state index < -0.39 is 0 Å². The molecule has 0 atom stereocenters. The Hall–Kier alpha value is -1.79. The van der Waals surface area contributed by atoms with Gasteiger partial charge in [0.05, 0.1) is 15.6 Å². The lowest BCUT2D eigenvalue weighted by molar-refractivity contribution is -0.384. The zero-order chi connectivity index (χ0) is 14.5. The second-order valence-corrected chi connectivity index (χ2v) is 5.88. The number of nitro benzene ring substituents is 1. The van der Waals surface area contributed by atoms with Crippen molar-refractivity contribution in [1.29, 1.82) is 0 Å². The van der Waals surface area contributed by atoms with E-state index in [1.54, 1.807) is 23.5 Å². The molecule has 1 N–H and O–H groups in total. The Kier molecular flexibility index (Phi) is 4.81. The topological polar surface area (TPSA) is 68.1 Å². The number of benzene rings is 1. The molecule has 0 aliphatic rings. The molecule has 5 nitrogen and oxygen atoms in total. The normalized spacial score (nSPS) is 10.7. The quantitative estimate of drug-likeness (QED) is 0.504. The molecule has 1 aromatic heterocycles. The molecule has 2 rings (SSSR count). The largest absolute Gasteiger partial charge is 0.311 e. The van der Waals surface area contributed by atoms with Crippen molar-refractivity contribution in [2.24, 2.45) is 0 Å². The number of hydrogen-bond donors (Lipinski definition) is 1. The van der Waals surface area contributed by atoms with Gasteiger partial charge in [-0.3, -0.25) is 10.1 Å². The van der Waals surface area contributed by atoms with Gasteiger partial charge in [-0.1, -0.05) is 12.1 Å². The van der Waals surface area contributed by atoms with Gasteiger partial charge in [-0.05, 0) is 32.4 Å². The van der Waals surface area contributed by atoms with Gasteiger partial charge in [0.15, 0.2) is 0 Å². The molecule has 1 heterocycles. The van der Waals surface area contributed by atoms with Crippen LogP contribution in [0.2, 0.25) is 0 Å². The van der Waals surface area contributed by atoms with Gasteiger partial charge in [-0.15, -0.1) is 11.3 Å². The first kappa shape index (κ1) is 14.6. The van der Waals surface area contributed by atoms with Crippen LogP contribution in [0.15, 0.2) is 24.3 Å². The highest BCUT2D eigenvalue weighted by Crippen LogP contribution is 2.16. The Morgan fingerprint density at radius 2 is 2.00 bits per heavy atom. The van der Waals surface area contributed by atoms with Gasteiger partial charge in [0.25, 0.3) is 5.69 Å². The summed E-state index contributed by atoms with van der Waals surface area (Å²) in [6, 6.07) is 6.71. The summed E-state index contributed by atoms with van der Waals surface area (Å²) in [5, 5.41) is 15.0. The minimum absolute atomic E-state index is 0.137. The number of non-ortho nitro benzene ring substituents is 1. The van der Waals surface area contributed by atoms with E-state index in [4.69, 9.17) is 0 Å². The molecule has 0 bridgehead atoms. The van der Waals surface area contributed by atoms with E-state index in [2.05, 4.69) is 10.3 Å². The fraction of sp³-hybridized carbons (Fsp3) is 0.357. The first-order valence-corrected chi connectivity index (χ1v) is 7.25. The van der Waals surface area contributed by atoms with Crippen molar-refractivity contribution in [3.05, 3.63) is 55.5 Å². The Balaban J connectivity index is 1.78. The van der Waals surface area contributed by atoms with Crippen LogP contribution in [0, 0.1) is 24.0 Å². The van der Waals surface area contributed by atoms with E-state index in [-0.39, 0.29) is 10.6 Å². The molecule has 1 aromatic carbocycles. The van der Waals surface area contributed by atoms with Crippen LogP contribution in [0.4, 0.5) is 5.69 Å². The second-order valence-electron chi connectivity index (χ2n) is 4.59. The third-order valence-electron chi connectivity index (χ3n) is 3.02. The average molecular weight is 291 g/mol. The summed E-state index contributed by atoms with van der Waals surface area (Å²) in [5.74, 6) is 0. The molecule has 0 saturated heterocycles. The van der Waals surface area contributed by atoms with Crippen LogP contribution in [0.3, 0.4) is 0 Å². The maximum Gasteiger partial charge on any atom is 0.269 e. The van der Waals surface area contributed by atoms with Crippen LogP contribution >= 0.6 is 11.3 Å². The third-order valence-corrected chi connectivity index (χ3v) is 4.10. The number of nitro groups is 1. The van der Waals surface area contributed by atoms with Crippen molar-refractivity contribution < 1.29 is 4.92 Å². The zero-order valence-corrected chi connectivity index (χ0v) is 12.4. The van der Waals surface area contributed by atoms with E-state index in [9.17, 15) is 10.1 Å². The standard InChI is InChI=1S/C14H17N3O2S/c1-10-14(20-11(2)16-10)9-15-8-7-12-3-5-13(6-4-12)17(18)19/h3-6,15H,7-9H2,1-2H3. The number of hydrogen-bond acceptors (Lipinski definition) is 5. The van der Waals surface area contributed by atoms with Gasteiger partial charge in [0, 0.05) is 23.6 Å². The van der Waals surface area contributed by atoms with Crippen LogP contribution < -0.4 is 5.32 Å². The number of aryl methyl sites for hydroxylation is 2. The van der Waals surface area contributed by atoms with Crippen LogP contribution in [-0.2, 0) is 13.0 Å². The summed E-state index contributed by atoms with van der Waals surface area (Å²) in [6.45, 7) is 5.70. The lowest BCUT2D eigenvalue weighted by Gasteiger charge is -2.04. The monoisotopic (exact) mass is 291 g/mol. The molecule has 0 amide bonds. The molecular weight excluding hydrogens is 274 g/mol. The minimum atomic E-state index is -0.378. The fourth-order valence-electron chi connectivity index (χ4n) is 1.96. The van der Waals surface area contributed by atoms with Crippen LogP contribution in [-0.4, -0.2) is 16.5 Å². The number of aromatic nitrogens is 1.